The molecule has 1 heterocycles. The molecule has 0 unspecified atom stereocenters. The number of phenolic OH excluding ortho intramolecular Hbond substituents is 1. The highest BCUT2D eigenvalue weighted by molar-refractivity contribution is 6.45. The molecule has 0 saturated carbocycles. The number of carbonyl (C=O) groups is 2. The van der Waals surface area contributed by atoms with Crippen LogP contribution in [0, 0.1) is 0 Å². The first-order chi connectivity index (χ1) is 11.1. The molecule has 0 radical (unpaired) electrons. The van der Waals surface area contributed by atoms with Crippen LogP contribution in [0.15, 0.2) is 60.2 Å². The van der Waals surface area contributed by atoms with Crippen molar-refractivity contribution in [3.05, 3.63) is 71.3 Å². The normalized spacial score (nSPS) is 16.3. The Kier molecular flexibility index (Phi) is 4.24. The van der Waals surface area contributed by atoms with Crippen molar-refractivity contribution in [1.29, 1.82) is 0 Å². The van der Waals surface area contributed by atoms with E-state index in [4.69, 9.17) is 0 Å². The summed E-state index contributed by atoms with van der Waals surface area (Å²) in [7, 11) is 0. The molecular weight excluding hydrogens is 290 g/mol. The van der Waals surface area contributed by atoms with E-state index in [1.165, 1.54) is 0 Å². The maximum absolute atomic E-state index is 12.1. The van der Waals surface area contributed by atoms with Gasteiger partial charge in [0.05, 0.1) is 6.54 Å². The molecular formula is C19H17NO3. The van der Waals surface area contributed by atoms with Gasteiger partial charge in [0.25, 0.3) is 5.91 Å². The Morgan fingerprint density at radius 3 is 2.39 bits per heavy atom. The zero-order valence-corrected chi connectivity index (χ0v) is 12.6. The number of aromatic hydroxyl groups is 1. The minimum absolute atomic E-state index is 0.172. The fraction of sp³-hybridized carbons (Fsp3) is 0.158. The summed E-state index contributed by atoms with van der Waals surface area (Å²) in [6, 6.07) is 16.4. The lowest BCUT2D eigenvalue weighted by Crippen LogP contribution is -2.29. The molecule has 3 rings (SSSR count). The number of nitrogens with zero attached hydrogens (tertiary/aromatic N) is 1. The second-order valence-corrected chi connectivity index (χ2v) is 5.55. The second-order valence-electron chi connectivity index (χ2n) is 5.55. The number of benzene rings is 2. The van der Waals surface area contributed by atoms with Crippen molar-refractivity contribution in [2.45, 2.75) is 6.42 Å². The molecule has 0 bridgehead atoms. The van der Waals surface area contributed by atoms with Crippen molar-refractivity contribution in [1.82, 2.24) is 4.90 Å². The summed E-state index contributed by atoms with van der Waals surface area (Å²) >= 11 is 0. The average Bonchev–Trinajstić information content (AvgIpc) is 2.84. The number of Topliss-reactive ketones (excluding diaryl/α,β-unsaturated/α-hetero) is 1. The molecule has 0 aliphatic carbocycles. The van der Waals surface area contributed by atoms with Gasteiger partial charge in [-0.15, -0.1) is 0 Å². The van der Waals surface area contributed by atoms with Crippen LogP contribution in [-0.2, 0) is 16.0 Å². The zero-order chi connectivity index (χ0) is 16.2. The van der Waals surface area contributed by atoms with Gasteiger partial charge in [-0.25, -0.2) is 0 Å². The lowest BCUT2D eigenvalue weighted by Gasteiger charge is -2.13. The fourth-order valence-corrected chi connectivity index (χ4v) is 2.60. The molecule has 1 aliphatic rings. The Morgan fingerprint density at radius 2 is 1.70 bits per heavy atom. The maximum atomic E-state index is 12.1. The minimum atomic E-state index is -0.439. The van der Waals surface area contributed by atoms with E-state index in [-0.39, 0.29) is 5.75 Å². The van der Waals surface area contributed by atoms with Crippen molar-refractivity contribution in [2.24, 2.45) is 0 Å². The van der Waals surface area contributed by atoms with Gasteiger partial charge in [0.2, 0.25) is 5.78 Å². The number of hydrogen-bond donors (Lipinski definition) is 1. The van der Waals surface area contributed by atoms with Crippen molar-refractivity contribution in [2.75, 3.05) is 13.1 Å². The van der Waals surface area contributed by atoms with Gasteiger partial charge < -0.3 is 10.0 Å². The molecule has 0 atom stereocenters. The number of likely N-dealkylation sites (tertiary alicyclic amines) is 1. The number of carbonyl (C=O) groups excluding carboxylic acids is 2. The SMILES string of the molecule is O=C1C(=O)N(CCc2ccccc2)C/C1=C/c1ccc(O)cc1. The molecule has 1 N–H and O–H groups in total. The molecule has 1 aliphatic heterocycles. The molecule has 1 saturated heterocycles. The first-order valence-electron chi connectivity index (χ1n) is 7.50. The monoisotopic (exact) mass is 307 g/mol. The van der Waals surface area contributed by atoms with Crippen LogP contribution in [0.1, 0.15) is 11.1 Å². The number of rotatable bonds is 4. The van der Waals surface area contributed by atoms with E-state index in [1.807, 2.05) is 30.3 Å². The predicted octanol–water partition coefficient (Wildman–Crippen LogP) is 2.43. The molecule has 0 spiro atoms. The largest absolute Gasteiger partial charge is 0.508 e. The topological polar surface area (TPSA) is 57.6 Å². The average molecular weight is 307 g/mol. The third-order valence-electron chi connectivity index (χ3n) is 3.88. The van der Waals surface area contributed by atoms with E-state index in [0.29, 0.717) is 18.7 Å². The van der Waals surface area contributed by atoms with Crippen molar-refractivity contribution < 1.29 is 14.7 Å². The summed E-state index contributed by atoms with van der Waals surface area (Å²) in [6.45, 7) is 0.868. The summed E-state index contributed by atoms with van der Waals surface area (Å²) in [6.07, 6.45) is 2.44. The van der Waals surface area contributed by atoms with E-state index < -0.39 is 11.7 Å². The highest BCUT2D eigenvalue weighted by atomic mass is 16.3. The minimum Gasteiger partial charge on any atom is -0.508 e. The van der Waals surface area contributed by atoms with Gasteiger partial charge in [0.15, 0.2) is 0 Å². The van der Waals surface area contributed by atoms with Crippen LogP contribution in [0.2, 0.25) is 0 Å². The van der Waals surface area contributed by atoms with Gasteiger partial charge >= 0.3 is 0 Å². The summed E-state index contributed by atoms with van der Waals surface area (Å²) in [4.78, 5) is 25.8. The third-order valence-corrected chi connectivity index (χ3v) is 3.88. The van der Waals surface area contributed by atoms with E-state index >= 15 is 0 Å². The molecule has 0 aromatic heterocycles. The number of phenols is 1. The fourth-order valence-electron chi connectivity index (χ4n) is 2.60. The number of amides is 1. The van der Waals surface area contributed by atoms with Crippen molar-refractivity contribution in [3.8, 4) is 5.75 Å². The van der Waals surface area contributed by atoms with Gasteiger partial charge in [-0.2, -0.15) is 0 Å². The first-order valence-corrected chi connectivity index (χ1v) is 7.50. The Hall–Kier alpha value is -2.88. The second kappa shape index (κ2) is 6.48. The molecule has 23 heavy (non-hydrogen) atoms. The Morgan fingerprint density at radius 1 is 1.00 bits per heavy atom. The summed E-state index contributed by atoms with van der Waals surface area (Å²) in [5, 5.41) is 9.28. The Balaban J connectivity index is 1.69. The first kappa shape index (κ1) is 15.0. The molecule has 2 aromatic rings. The summed E-state index contributed by atoms with van der Waals surface area (Å²) < 4.78 is 0. The van der Waals surface area contributed by atoms with E-state index in [1.54, 1.807) is 35.2 Å². The summed E-state index contributed by atoms with van der Waals surface area (Å²) in [5.41, 5.74) is 2.43. The molecule has 1 fully saturated rings. The van der Waals surface area contributed by atoms with Crippen LogP contribution in [0.4, 0.5) is 0 Å². The number of ketones is 1. The van der Waals surface area contributed by atoms with Gasteiger partial charge in [0, 0.05) is 12.1 Å². The molecule has 116 valence electrons. The van der Waals surface area contributed by atoms with Crippen LogP contribution in [-0.4, -0.2) is 34.8 Å². The van der Waals surface area contributed by atoms with Gasteiger partial charge in [0.1, 0.15) is 5.75 Å². The standard InChI is InChI=1S/C19H17NO3/c21-17-8-6-15(7-9-17)12-16-13-20(19(23)18(16)22)11-10-14-4-2-1-3-5-14/h1-9,12,21H,10-11,13H2/b16-12-. The quantitative estimate of drug-likeness (QED) is 0.697. The van der Waals surface area contributed by atoms with Crippen LogP contribution in [0.3, 0.4) is 0 Å². The molecule has 4 nitrogen and oxygen atoms in total. The van der Waals surface area contributed by atoms with E-state index in [0.717, 1.165) is 17.5 Å². The predicted molar refractivity (Wildman–Crippen MR) is 87.8 cm³/mol. The molecule has 2 aromatic carbocycles. The lowest BCUT2D eigenvalue weighted by atomic mass is 10.1. The van der Waals surface area contributed by atoms with Gasteiger partial charge in [-0.05, 0) is 35.8 Å². The van der Waals surface area contributed by atoms with Crippen LogP contribution < -0.4 is 0 Å². The van der Waals surface area contributed by atoms with E-state index in [2.05, 4.69) is 0 Å². The van der Waals surface area contributed by atoms with Crippen LogP contribution in [0.5, 0.6) is 5.75 Å². The van der Waals surface area contributed by atoms with E-state index in [9.17, 15) is 14.7 Å². The Bertz CT molecular complexity index is 748. The van der Waals surface area contributed by atoms with Crippen molar-refractivity contribution >= 4 is 17.8 Å². The van der Waals surface area contributed by atoms with Crippen molar-refractivity contribution in [3.63, 3.8) is 0 Å². The smallest absolute Gasteiger partial charge is 0.294 e. The van der Waals surface area contributed by atoms with Crippen LogP contribution >= 0.6 is 0 Å². The van der Waals surface area contributed by atoms with Crippen LogP contribution in [0.25, 0.3) is 6.08 Å². The maximum Gasteiger partial charge on any atom is 0.294 e. The third kappa shape index (κ3) is 3.48. The Labute approximate surface area is 134 Å². The number of hydrogen-bond acceptors (Lipinski definition) is 3. The molecule has 1 amide bonds. The van der Waals surface area contributed by atoms with Gasteiger partial charge in [-0.3, -0.25) is 9.59 Å². The highest BCUT2D eigenvalue weighted by Gasteiger charge is 2.33. The van der Waals surface area contributed by atoms with Gasteiger partial charge in [-0.1, -0.05) is 42.5 Å². The zero-order valence-electron chi connectivity index (χ0n) is 12.6. The molecule has 4 heteroatoms. The highest BCUT2D eigenvalue weighted by Crippen LogP contribution is 2.19. The summed E-state index contributed by atoms with van der Waals surface area (Å²) in [5.74, 6) is -0.706. The lowest BCUT2D eigenvalue weighted by molar-refractivity contribution is -0.139.